The van der Waals surface area contributed by atoms with Crippen LogP contribution in [-0.4, -0.2) is 38.6 Å². The normalized spacial score (nSPS) is 14.5. The van der Waals surface area contributed by atoms with Crippen molar-refractivity contribution < 1.29 is 8.42 Å². The second-order valence-electron chi connectivity index (χ2n) is 6.44. The van der Waals surface area contributed by atoms with Crippen molar-refractivity contribution in [3.8, 4) is 0 Å². The molecule has 0 saturated heterocycles. The first-order chi connectivity index (χ1) is 6.90. The van der Waals surface area contributed by atoms with E-state index in [1.807, 2.05) is 34.6 Å². The Morgan fingerprint density at radius 3 is 1.88 bits per heavy atom. The maximum atomic E-state index is 12.0. The van der Waals surface area contributed by atoms with Crippen LogP contribution in [0.4, 0.5) is 0 Å². The molecule has 0 bridgehead atoms. The van der Waals surface area contributed by atoms with Crippen LogP contribution in [0.3, 0.4) is 0 Å². The average molecular weight is 250 g/mol. The zero-order valence-electron chi connectivity index (χ0n) is 11.4. The molecule has 0 amide bonds. The monoisotopic (exact) mass is 250 g/mol. The molecule has 0 radical (unpaired) electrons. The van der Waals surface area contributed by atoms with Crippen molar-refractivity contribution in [3.05, 3.63) is 0 Å². The lowest BCUT2D eigenvalue weighted by atomic mass is 9.94. The van der Waals surface area contributed by atoms with E-state index in [4.69, 9.17) is 5.73 Å². The molecule has 0 spiro atoms. The Balaban J connectivity index is 4.67. The maximum Gasteiger partial charge on any atom is 0.214 e. The Hall–Kier alpha value is -0.130. The van der Waals surface area contributed by atoms with Crippen LogP contribution in [0.15, 0.2) is 0 Å². The van der Waals surface area contributed by atoms with Crippen LogP contribution in [0.25, 0.3) is 0 Å². The summed E-state index contributed by atoms with van der Waals surface area (Å²) in [6.07, 6.45) is 0. The van der Waals surface area contributed by atoms with Gasteiger partial charge < -0.3 is 5.73 Å². The van der Waals surface area contributed by atoms with E-state index < -0.39 is 10.0 Å². The minimum atomic E-state index is -3.18. The number of sulfonamides is 1. The molecule has 0 atom stereocenters. The number of nitrogens with two attached hydrogens (primary N) is 1. The summed E-state index contributed by atoms with van der Waals surface area (Å²) in [4.78, 5) is 0. The van der Waals surface area contributed by atoms with Crippen molar-refractivity contribution in [2.45, 2.75) is 34.6 Å². The van der Waals surface area contributed by atoms with E-state index in [2.05, 4.69) is 0 Å². The molecular weight excluding hydrogens is 224 g/mol. The smallest absolute Gasteiger partial charge is 0.214 e. The molecule has 0 aromatic carbocycles. The second-order valence-corrected chi connectivity index (χ2v) is 8.52. The minimum Gasteiger partial charge on any atom is -0.330 e. The third-order valence-electron chi connectivity index (χ3n) is 2.29. The third kappa shape index (κ3) is 5.82. The van der Waals surface area contributed by atoms with E-state index in [9.17, 15) is 8.42 Å². The van der Waals surface area contributed by atoms with E-state index in [1.54, 1.807) is 7.05 Å². The van der Waals surface area contributed by atoms with E-state index >= 15 is 0 Å². The first-order valence-electron chi connectivity index (χ1n) is 5.54. The fourth-order valence-electron chi connectivity index (χ4n) is 1.42. The van der Waals surface area contributed by atoms with Crippen LogP contribution < -0.4 is 5.73 Å². The molecule has 2 N–H and O–H groups in total. The average Bonchev–Trinajstić information content (AvgIpc) is 1.99. The molecule has 0 unspecified atom stereocenters. The highest BCUT2D eigenvalue weighted by atomic mass is 32.2. The molecule has 0 aliphatic carbocycles. The topological polar surface area (TPSA) is 63.4 Å². The van der Waals surface area contributed by atoms with Gasteiger partial charge in [-0.25, -0.2) is 12.7 Å². The fraction of sp³-hybridized carbons (Fsp3) is 1.00. The van der Waals surface area contributed by atoms with Crippen molar-refractivity contribution in [3.63, 3.8) is 0 Å². The van der Waals surface area contributed by atoms with Gasteiger partial charge in [0.1, 0.15) is 0 Å². The predicted octanol–water partition coefficient (Wildman–Crippen LogP) is 1.28. The molecule has 5 heteroatoms. The first-order valence-corrected chi connectivity index (χ1v) is 7.15. The molecule has 0 aliphatic rings. The molecule has 0 aromatic heterocycles. The van der Waals surface area contributed by atoms with Crippen molar-refractivity contribution in [2.24, 2.45) is 16.6 Å². The number of nitrogens with zero attached hydrogens (tertiary/aromatic N) is 1. The van der Waals surface area contributed by atoms with Crippen LogP contribution in [0, 0.1) is 10.8 Å². The number of rotatable bonds is 5. The molecule has 0 heterocycles. The summed E-state index contributed by atoms with van der Waals surface area (Å²) in [5, 5.41) is 0. The number of hydrogen-bond donors (Lipinski definition) is 1. The lowest BCUT2D eigenvalue weighted by Crippen LogP contribution is -2.42. The van der Waals surface area contributed by atoms with Gasteiger partial charge in [-0.15, -0.1) is 0 Å². The van der Waals surface area contributed by atoms with Crippen LogP contribution in [-0.2, 0) is 10.0 Å². The SMILES string of the molecule is CN(CC(C)(C)CN)S(=O)(=O)CC(C)(C)C. The van der Waals surface area contributed by atoms with Gasteiger partial charge >= 0.3 is 0 Å². The van der Waals surface area contributed by atoms with E-state index in [0.717, 1.165) is 0 Å². The Labute approximate surface area is 100 Å². The lowest BCUT2D eigenvalue weighted by molar-refractivity contribution is 0.288. The third-order valence-corrected chi connectivity index (χ3v) is 4.60. The Morgan fingerprint density at radius 1 is 1.12 bits per heavy atom. The summed E-state index contributed by atoms with van der Waals surface area (Å²) in [5.41, 5.74) is 5.20. The molecule has 4 nitrogen and oxygen atoms in total. The molecule has 0 rings (SSSR count). The highest BCUT2D eigenvalue weighted by Gasteiger charge is 2.29. The zero-order chi connectivity index (χ0) is 13.2. The van der Waals surface area contributed by atoms with Crippen LogP contribution in [0.1, 0.15) is 34.6 Å². The maximum absolute atomic E-state index is 12.0. The van der Waals surface area contributed by atoms with Gasteiger partial charge in [-0.3, -0.25) is 0 Å². The summed E-state index contributed by atoms with van der Waals surface area (Å²) >= 11 is 0. The second kappa shape index (κ2) is 5.02. The van der Waals surface area contributed by atoms with Crippen molar-refractivity contribution in [1.29, 1.82) is 0 Å². The van der Waals surface area contributed by atoms with Gasteiger partial charge in [-0.1, -0.05) is 34.6 Å². The number of hydrogen-bond acceptors (Lipinski definition) is 3. The van der Waals surface area contributed by atoms with Crippen molar-refractivity contribution in [1.82, 2.24) is 4.31 Å². The van der Waals surface area contributed by atoms with E-state index in [-0.39, 0.29) is 16.6 Å². The van der Waals surface area contributed by atoms with Crippen molar-refractivity contribution >= 4 is 10.0 Å². The van der Waals surface area contributed by atoms with E-state index in [0.29, 0.717) is 13.1 Å². The first kappa shape index (κ1) is 15.9. The standard InChI is InChI=1S/C11H26N2O2S/c1-10(2,3)9-16(14,15)13(6)8-11(4,5)7-12/h7-9,12H2,1-6H3. The summed E-state index contributed by atoms with van der Waals surface area (Å²) in [5.74, 6) is 0.164. The summed E-state index contributed by atoms with van der Waals surface area (Å²) < 4.78 is 25.5. The zero-order valence-corrected chi connectivity index (χ0v) is 12.2. The Morgan fingerprint density at radius 2 is 1.56 bits per heavy atom. The van der Waals surface area contributed by atoms with E-state index in [1.165, 1.54) is 4.31 Å². The quantitative estimate of drug-likeness (QED) is 0.799. The van der Waals surface area contributed by atoms with Gasteiger partial charge in [-0.2, -0.15) is 0 Å². The van der Waals surface area contributed by atoms with Gasteiger partial charge in [-0.05, 0) is 17.4 Å². The largest absolute Gasteiger partial charge is 0.330 e. The van der Waals surface area contributed by atoms with Gasteiger partial charge in [0.05, 0.1) is 5.75 Å². The highest BCUT2D eigenvalue weighted by Crippen LogP contribution is 2.21. The Kier molecular flexibility index (Phi) is 4.98. The molecule has 0 aromatic rings. The molecule has 0 aliphatic heterocycles. The molecule has 0 fully saturated rings. The van der Waals surface area contributed by atoms with Crippen LogP contribution >= 0.6 is 0 Å². The van der Waals surface area contributed by atoms with Crippen molar-refractivity contribution in [2.75, 3.05) is 25.9 Å². The Bertz CT molecular complexity index is 315. The van der Waals surface area contributed by atoms with Gasteiger partial charge in [0.25, 0.3) is 0 Å². The molecule has 98 valence electrons. The van der Waals surface area contributed by atoms with Gasteiger partial charge in [0.2, 0.25) is 10.0 Å². The summed E-state index contributed by atoms with van der Waals surface area (Å²) in [6, 6.07) is 0. The minimum absolute atomic E-state index is 0.164. The van der Waals surface area contributed by atoms with Gasteiger partial charge in [0, 0.05) is 13.6 Å². The van der Waals surface area contributed by atoms with Gasteiger partial charge in [0.15, 0.2) is 0 Å². The summed E-state index contributed by atoms with van der Waals surface area (Å²) in [7, 11) is -1.56. The van der Waals surface area contributed by atoms with Crippen LogP contribution in [0.2, 0.25) is 0 Å². The fourth-order valence-corrected chi connectivity index (χ4v) is 3.28. The lowest BCUT2D eigenvalue weighted by Gasteiger charge is -2.30. The molecule has 0 saturated carbocycles. The predicted molar refractivity (Wildman–Crippen MR) is 68.7 cm³/mol. The highest BCUT2D eigenvalue weighted by molar-refractivity contribution is 7.89. The van der Waals surface area contributed by atoms with Crippen LogP contribution in [0.5, 0.6) is 0 Å². The molecular formula is C11H26N2O2S. The molecule has 16 heavy (non-hydrogen) atoms. The summed E-state index contributed by atoms with van der Waals surface area (Å²) in [6.45, 7) is 10.6.